The molecule has 2 aromatic rings. The van der Waals surface area contributed by atoms with Crippen LogP contribution < -0.4 is 10.3 Å². The molecule has 2 rings (SSSR count). The monoisotopic (exact) mass is 285 g/mol. The molecule has 18 heavy (non-hydrogen) atoms. The van der Waals surface area contributed by atoms with Crippen LogP contribution in [0.3, 0.4) is 0 Å². The van der Waals surface area contributed by atoms with Gasteiger partial charge in [-0.25, -0.2) is 18.1 Å². The number of pyridine rings is 1. The minimum Gasteiger partial charge on any atom is -0.328 e. The highest BCUT2D eigenvalue weighted by molar-refractivity contribution is 7.89. The first-order chi connectivity index (χ1) is 8.47. The van der Waals surface area contributed by atoms with E-state index in [2.05, 4.69) is 14.7 Å². The van der Waals surface area contributed by atoms with Gasteiger partial charge in [0.15, 0.2) is 0 Å². The summed E-state index contributed by atoms with van der Waals surface area (Å²) >= 11 is 1.43. The number of H-pyrrole nitrogens is 1. The Hall–Kier alpha value is -1.51. The van der Waals surface area contributed by atoms with Gasteiger partial charge >= 0.3 is 0 Å². The van der Waals surface area contributed by atoms with Crippen molar-refractivity contribution in [2.45, 2.75) is 18.4 Å². The summed E-state index contributed by atoms with van der Waals surface area (Å²) in [6.07, 6.45) is 2.85. The molecule has 0 saturated carbocycles. The molecule has 0 atom stereocenters. The minimum absolute atomic E-state index is 0.0235. The van der Waals surface area contributed by atoms with E-state index in [1.807, 2.05) is 6.92 Å². The van der Waals surface area contributed by atoms with Gasteiger partial charge in [0.2, 0.25) is 15.6 Å². The molecule has 0 aliphatic carbocycles. The zero-order valence-electron chi connectivity index (χ0n) is 9.50. The van der Waals surface area contributed by atoms with Crippen molar-refractivity contribution in [3.05, 3.63) is 44.8 Å². The standard InChI is InChI=1S/C10H11N3O3S2/c1-7-4-12-10(17-7)6-13-18(15,16)8-2-3-9(14)11-5-8/h2-5,13H,6H2,1H3,(H,11,14). The minimum atomic E-state index is -3.62. The van der Waals surface area contributed by atoms with E-state index in [1.165, 1.54) is 23.5 Å². The molecule has 0 radical (unpaired) electrons. The van der Waals surface area contributed by atoms with Gasteiger partial charge < -0.3 is 4.98 Å². The second-order valence-corrected chi connectivity index (χ2v) is 6.66. The van der Waals surface area contributed by atoms with Crippen LogP contribution in [0.2, 0.25) is 0 Å². The van der Waals surface area contributed by atoms with Crippen molar-refractivity contribution in [3.63, 3.8) is 0 Å². The molecule has 0 fully saturated rings. The summed E-state index contributed by atoms with van der Waals surface area (Å²) in [6.45, 7) is 2.04. The molecule has 6 nitrogen and oxygen atoms in total. The maximum atomic E-state index is 11.9. The normalized spacial score (nSPS) is 11.6. The van der Waals surface area contributed by atoms with Gasteiger partial charge in [0.1, 0.15) is 5.01 Å². The van der Waals surface area contributed by atoms with Crippen molar-refractivity contribution in [2.24, 2.45) is 0 Å². The van der Waals surface area contributed by atoms with Crippen molar-refractivity contribution in [1.29, 1.82) is 0 Å². The Morgan fingerprint density at radius 3 is 2.78 bits per heavy atom. The van der Waals surface area contributed by atoms with Crippen LogP contribution in [0.25, 0.3) is 0 Å². The van der Waals surface area contributed by atoms with E-state index in [4.69, 9.17) is 0 Å². The van der Waals surface area contributed by atoms with Gasteiger partial charge in [0, 0.05) is 23.3 Å². The van der Waals surface area contributed by atoms with Crippen molar-refractivity contribution in [1.82, 2.24) is 14.7 Å². The molecule has 0 unspecified atom stereocenters. The van der Waals surface area contributed by atoms with Crippen LogP contribution in [-0.4, -0.2) is 18.4 Å². The van der Waals surface area contributed by atoms with E-state index in [9.17, 15) is 13.2 Å². The fourth-order valence-electron chi connectivity index (χ4n) is 1.29. The van der Waals surface area contributed by atoms with Crippen LogP contribution in [0.1, 0.15) is 9.88 Å². The van der Waals surface area contributed by atoms with E-state index >= 15 is 0 Å². The second kappa shape index (κ2) is 5.01. The number of aromatic nitrogens is 2. The molecule has 2 aromatic heterocycles. The maximum Gasteiger partial charge on any atom is 0.247 e. The molecule has 0 bridgehead atoms. The molecular weight excluding hydrogens is 274 g/mol. The number of sulfonamides is 1. The number of thiazole rings is 1. The maximum absolute atomic E-state index is 11.9. The second-order valence-electron chi connectivity index (χ2n) is 3.58. The summed E-state index contributed by atoms with van der Waals surface area (Å²) in [6, 6.07) is 2.43. The first-order valence-electron chi connectivity index (χ1n) is 5.07. The van der Waals surface area contributed by atoms with Gasteiger partial charge in [-0.1, -0.05) is 0 Å². The number of rotatable bonds is 4. The first-order valence-corrected chi connectivity index (χ1v) is 7.37. The zero-order chi connectivity index (χ0) is 13.2. The molecule has 0 aliphatic rings. The quantitative estimate of drug-likeness (QED) is 0.861. The highest BCUT2D eigenvalue weighted by Crippen LogP contribution is 2.12. The fraction of sp³-hybridized carbons (Fsp3) is 0.200. The third-order valence-corrected chi connectivity index (χ3v) is 4.46. The third-order valence-electron chi connectivity index (χ3n) is 2.15. The molecule has 0 amide bonds. The largest absolute Gasteiger partial charge is 0.328 e. The lowest BCUT2D eigenvalue weighted by atomic mass is 10.5. The fourth-order valence-corrected chi connectivity index (χ4v) is 3.06. The summed E-state index contributed by atoms with van der Waals surface area (Å²) in [4.78, 5) is 18.3. The number of aromatic amines is 1. The third kappa shape index (κ3) is 3.03. The molecular formula is C10H11N3O3S2. The Morgan fingerprint density at radius 1 is 1.44 bits per heavy atom. The van der Waals surface area contributed by atoms with Gasteiger partial charge in [-0.2, -0.15) is 0 Å². The molecule has 0 aromatic carbocycles. The number of hydrogen-bond donors (Lipinski definition) is 2. The highest BCUT2D eigenvalue weighted by Gasteiger charge is 2.14. The molecule has 96 valence electrons. The van der Waals surface area contributed by atoms with Gasteiger partial charge in [-0.15, -0.1) is 11.3 Å². The van der Waals surface area contributed by atoms with Crippen LogP contribution in [-0.2, 0) is 16.6 Å². The van der Waals surface area contributed by atoms with Crippen molar-refractivity contribution in [3.8, 4) is 0 Å². The van der Waals surface area contributed by atoms with Crippen LogP contribution in [0.15, 0.2) is 34.2 Å². The molecule has 2 heterocycles. The van der Waals surface area contributed by atoms with Crippen LogP contribution in [0, 0.1) is 6.92 Å². The lowest BCUT2D eigenvalue weighted by Gasteiger charge is -2.04. The van der Waals surface area contributed by atoms with E-state index in [0.717, 1.165) is 11.1 Å². The lowest BCUT2D eigenvalue weighted by Crippen LogP contribution is -2.24. The molecule has 0 spiro atoms. The van der Waals surface area contributed by atoms with Gasteiger partial charge in [-0.3, -0.25) is 4.79 Å². The SMILES string of the molecule is Cc1cnc(CNS(=O)(=O)c2ccc(=O)[nH]c2)s1. The van der Waals surface area contributed by atoms with Gasteiger partial charge in [0.05, 0.1) is 11.4 Å². The smallest absolute Gasteiger partial charge is 0.247 e. The predicted molar refractivity (Wildman–Crippen MR) is 67.9 cm³/mol. The average Bonchev–Trinajstić information content (AvgIpc) is 2.73. The number of hydrogen-bond acceptors (Lipinski definition) is 5. The summed E-state index contributed by atoms with van der Waals surface area (Å²) in [5.41, 5.74) is -0.343. The van der Waals surface area contributed by atoms with E-state index in [0.29, 0.717) is 5.01 Å². The Bertz CT molecular complexity index is 683. The van der Waals surface area contributed by atoms with E-state index in [-0.39, 0.29) is 17.0 Å². The van der Waals surface area contributed by atoms with Crippen molar-refractivity contribution in [2.75, 3.05) is 0 Å². The summed E-state index contributed by atoms with van der Waals surface area (Å²) in [5, 5.41) is 0.695. The number of nitrogens with one attached hydrogen (secondary N) is 2. The molecule has 0 saturated heterocycles. The zero-order valence-corrected chi connectivity index (χ0v) is 11.1. The number of aryl methyl sites for hydroxylation is 1. The highest BCUT2D eigenvalue weighted by atomic mass is 32.2. The average molecular weight is 285 g/mol. The summed E-state index contributed by atoms with van der Waals surface area (Å²) in [5.74, 6) is 0. The van der Waals surface area contributed by atoms with Gasteiger partial charge in [-0.05, 0) is 13.0 Å². The topological polar surface area (TPSA) is 91.9 Å². The molecule has 0 aliphatic heterocycles. The number of nitrogens with zero attached hydrogens (tertiary/aromatic N) is 1. The first kappa shape index (κ1) is 12.9. The Labute approximate surface area is 108 Å². The van der Waals surface area contributed by atoms with Crippen LogP contribution in [0.4, 0.5) is 0 Å². The van der Waals surface area contributed by atoms with Crippen molar-refractivity contribution < 1.29 is 8.42 Å². The van der Waals surface area contributed by atoms with Crippen molar-refractivity contribution >= 4 is 21.4 Å². The summed E-state index contributed by atoms with van der Waals surface area (Å²) in [7, 11) is -3.62. The Kier molecular flexibility index (Phi) is 3.60. The molecule has 8 heteroatoms. The lowest BCUT2D eigenvalue weighted by molar-refractivity contribution is 0.580. The van der Waals surface area contributed by atoms with E-state index in [1.54, 1.807) is 6.20 Å². The van der Waals surface area contributed by atoms with Crippen LogP contribution in [0.5, 0.6) is 0 Å². The van der Waals surface area contributed by atoms with Gasteiger partial charge in [0.25, 0.3) is 0 Å². The Morgan fingerprint density at radius 2 is 2.22 bits per heavy atom. The summed E-state index contributed by atoms with van der Waals surface area (Å²) < 4.78 is 26.2. The van der Waals surface area contributed by atoms with Crippen LogP contribution >= 0.6 is 11.3 Å². The Balaban J connectivity index is 2.12. The van der Waals surface area contributed by atoms with E-state index < -0.39 is 10.0 Å². The molecule has 2 N–H and O–H groups in total. The predicted octanol–water partition coefficient (Wildman–Crippen LogP) is 0.618.